The second-order valence-electron chi connectivity index (χ2n) is 7.67. The molecule has 2 amide bonds. The summed E-state index contributed by atoms with van der Waals surface area (Å²) in [6.07, 6.45) is 3.12. The molecule has 7 nitrogen and oxygen atoms in total. The van der Waals surface area contributed by atoms with Gasteiger partial charge < -0.3 is 20.8 Å². The third kappa shape index (κ3) is 7.63. The summed E-state index contributed by atoms with van der Waals surface area (Å²) < 4.78 is 0. The van der Waals surface area contributed by atoms with Crippen molar-refractivity contribution in [3.8, 4) is 5.75 Å². The lowest BCUT2D eigenvalue weighted by atomic mass is 10.0. The molecule has 0 bridgehead atoms. The molecule has 0 aromatic heterocycles. The van der Waals surface area contributed by atoms with E-state index in [1.807, 2.05) is 30.3 Å². The van der Waals surface area contributed by atoms with E-state index in [4.69, 9.17) is 0 Å². The van der Waals surface area contributed by atoms with Gasteiger partial charge in [-0.15, -0.1) is 0 Å². The number of aromatic hydroxyl groups is 1. The molecular formula is C27H25N2O5. The number of amides is 2. The number of carbonyl (C=O) groups is 3. The van der Waals surface area contributed by atoms with Gasteiger partial charge in [-0.2, -0.15) is 0 Å². The van der Waals surface area contributed by atoms with Gasteiger partial charge in [0.25, 0.3) is 0 Å². The minimum atomic E-state index is -1.21. The predicted molar refractivity (Wildman–Crippen MR) is 128 cm³/mol. The Balaban J connectivity index is 1.73. The van der Waals surface area contributed by atoms with Crippen LogP contribution in [-0.2, 0) is 27.2 Å². The molecule has 1 unspecified atom stereocenters. The van der Waals surface area contributed by atoms with E-state index in [0.717, 1.165) is 5.56 Å². The van der Waals surface area contributed by atoms with Crippen LogP contribution in [0.5, 0.6) is 5.75 Å². The van der Waals surface area contributed by atoms with Gasteiger partial charge in [-0.1, -0.05) is 66.7 Å². The van der Waals surface area contributed by atoms with Crippen LogP contribution in [0, 0.1) is 6.07 Å². The van der Waals surface area contributed by atoms with Crippen LogP contribution < -0.4 is 10.6 Å². The number of phenolic OH excluding ortho intramolecular Hbond substituents is 1. The molecule has 0 aliphatic heterocycles. The van der Waals surface area contributed by atoms with Crippen LogP contribution in [-0.4, -0.2) is 40.1 Å². The molecule has 34 heavy (non-hydrogen) atoms. The number of carbonyl (C=O) groups excluding carboxylic acids is 2. The second kappa shape index (κ2) is 12.0. The quantitative estimate of drug-likeness (QED) is 0.350. The fourth-order valence-corrected chi connectivity index (χ4v) is 3.28. The first kappa shape index (κ1) is 24.3. The lowest BCUT2D eigenvalue weighted by Crippen LogP contribution is -2.52. The Bertz CT molecular complexity index is 1130. The lowest BCUT2D eigenvalue weighted by molar-refractivity contribution is -0.142. The van der Waals surface area contributed by atoms with Crippen molar-refractivity contribution >= 4 is 23.9 Å². The minimum Gasteiger partial charge on any atom is -0.508 e. The molecular weight excluding hydrogens is 432 g/mol. The summed E-state index contributed by atoms with van der Waals surface area (Å²) in [6, 6.07) is 23.2. The number of carboxylic acids is 1. The van der Waals surface area contributed by atoms with Crippen molar-refractivity contribution in [1.82, 2.24) is 10.6 Å². The van der Waals surface area contributed by atoms with Crippen molar-refractivity contribution in [2.45, 2.75) is 24.9 Å². The maximum Gasteiger partial charge on any atom is 0.326 e. The van der Waals surface area contributed by atoms with E-state index in [1.165, 1.54) is 18.2 Å². The van der Waals surface area contributed by atoms with Crippen LogP contribution >= 0.6 is 0 Å². The van der Waals surface area contributed by atoms with Gasteiger partial charge in [0.05, 0.1) is 0 Å². The van der Waals surface area contributed by atoms with Gasteiger partial charge >= 0.3 is 5.97 Å². The first-order valence-corrected chi connectivity index (χ1v) is 10.7. The first-order chi connectivity index (χ1) is 16.4. The van der Waals surface area contributed by atoms with Gasteiger partial charge in [-0.3, -0.25) is 9.59 Å². The van der Waals surface area contributed by atoms with Crippen LogP contribution in [0.3, 0.4) is 0 Å². The summed E-state index contributed by atoms with van der Waals surface area (Å²) in [4.78, 5) is 37.4. The summed E-state index contributed by atoms with van der Waals surface area (Å²) in [6.45, 7) is 0. The third-order valence-corrected chi connectivity index (χ3v) is 5.05. The number of carboxylic acid groups (broad SMARTS) is 1. The summed E-state index contributed by atoms with van der Waals surface area (Å²) in [5.41, 5.74) is 2.16. The Labute approximate surface area is 197 Å². The van der Waals surface area contributed by atoms with E-state index >= 15 is 0 Å². The highest BCUT2D eigenvalue weighted by atomic mass is 16.4. The van der Waals surface area contributed by atoms with Gasteiger partial charge in [-0.25, -0.2) is 4.79 Å². The summed E-state index contributed by atoms with van der Waals surface area (Å²) >= 11 is 0. The number of hydrogen-bond acceptors (Lipinski definition) is 4. The maximum absolute atomic E-state index is 13.0. The molecule has 0 spiro atoms. The fraction of sp³-hybridized carbons (Fsp3) is 0.148. The normalized spacial score (nSPS) is 12.6. The number of phenols is 1. The van der Waals surface area contributed by atoms with Crippen molar-refractivity contribution in [3.63, 3.8) is 0 Å². The molecule has 0 heterocycles. The highest BCUT2D eigenvalue weighted by molar-refractivity contribution is 5.96. The summed E-state index contributed by atoms with van der Waals surface area (Å²) in [5, 5.41) is 24.2. The standard InChI is InChI=1S/C27H25N2O5/c30-22-14-11-21(12-15-22)18-24(27(33)34)29-26(32)23(17-20-9-5-2-6-10-20)28-25(31)16-13-19-7-3-1-4-8-19/h1-9,11-16,23-24,30H,17-18H2,(H,28,31)(H,29,32)(H,33,34)/t23?,24-/m0/s1. The molecule has 173 valence electrons. The topological polar surface area (TPSA) is 116 Å². The average Bonchev–Trinajstić information content (AvgIpc) is 2.84. The smallest absolute Gasteiger partial charge is 0.326 e. The van der Waals surface area contributed by atoms with E-state index < -0.39 is 29.9 Å². The molecule has 0 saturated heterocycles. The maximum atomic E-state index is 13.0. The largest absolute Gasteiger partial charge is 0.508 e. The number of aliphatic carboxylic acids is 1. The molecule has 0 aliphatic rings. The minimum absolute atomic E-state index is 0.0212. The molecule has 2 atom stereocenters. The van der Waals surface area contributed by atoms with Crippen LogP contribution in [0.1, 0.15) is 16.7 Å². The van der Waals surface area contributed by atoms with Crippen LogP contribution in [0.4, 0.5) is 0 Å². The van der Waals surface area contributed by atoms with Crippen molar-refractivity contribution in [2.75, 3.05) is 0 Å². The van der Waals surface area contributed by atoms with Crippen LogP contribution in [0.15, 0.2) is 84.9 Å². The van der Waals surface area contributed by atoms with Gasteiger partial charge in [0, 0.05) is 18.9 Å². The molecule has 0 saturated carbocycles. The van der Waals surface area contributed by atoms with Crippen LogP contribution in [0.2, 0.25) is 0 Å². The Morgan fingerprint density at radius 3 is 2.21 bits per heavy atom. The molecule has 7 heteroatoms. The van der Waals surface area contributed by atoms with Crippen molar-refractivity contribution in [2.24, 2.45) is 0 Å². The molecule has 0 aliphatic carbocycles. The van der Waals surface area contributed by atoms with Gasteiger partial charge in [0.2, 0.25) is 11.8 Å². The van der Waals surface area contributed by atoms with Crippen molar-refractivity contribution in [1.29, 1.82) is 0 Å². The Morgan fingerprint density at radius 1 is 0.853 bits per heavy atom. The SMILES string of the molecule is O=C(C=Cc1ccccc1)NC(Cc1[c]cccc1)C(=O)N[C@@H](Cc1ccc(O)cc1)C(=O)O. The highest BCUT2D eigenvalue weighted by Crippen LogP contribution is 2.12. The summed E-state index contributed by atoms with van der Waals surface area (Å²) in [7, 11) is 0. The molecule has 0 fully saturated rings. The number of nitrogens with one attached hydrogen (secondary N) is 2. The lowest BCUT2D eigenvalue weighted by Gasteiger charge is -2.21. The zero-order chi connectivity index (χ0) is 24.3. The molecule has 4 N–H and O–H groups in total. The number of benzene rings is 3. The van der Waals surface area contributed by atoms with E-state index in [9.17, 15) is 24.6 Å². The highest BCUT2D eigenvalue weighted by Gasteiger charge is 2.26. The zero-order valence-electron chi connectivity index (χ0n) is 18.3. The zero-order valence-corrected chi connectivity index (χ0v) is 18.3. The molecule has 3 aromatic rings. The average molecular weight is 458 g/mol. The molecule has 3 rings (SSSR count). The fourth-order valence-electron chi connectivity index (χ4n) is 3.28. The first-order valence-electron chi connectivity index (χ1n) is 10.7. The Kier molecular flexibility index (Phi) is 8.57. The van der Waals surface area contributed by atoms with E-state index in [2.05, 4.69) is 16.7 Å². The number of rotatable bonds is 10. The Morgan fingerprint density at radius 2 is 1.56 bits per heavy atom. The Hall–Kier alpha value is -4.39. The van der Waals surface area contributed by atoms with Gasteiger partial charge in [-0.05, 0) is 41.0 Å². The van der Waals surface area contributed by atoms with E-state index in [-0.39, 0.29) is 18.6 Å². The van der Waals surface area contributed by atoms with Crippen LogP contribution in [0.25, 0.3) is 6.08 Å². The van der Waals surface area contributed by atoms with Gasteiger partial charge in [0.1, 0.15) is 17.8 Å². The van der Waals surface area contributed by atoms with E-state index in [1.54, 1.807) is 42.5 Å². The molecule has 1 radical (unpaired) electrons. The number of hydrogen-bond donors (Lipinski definition) is 4. The van der Waals surface area contributed by atoms with Crippen molar-refractivity contribution in [3.05, 3.63) is 108 Å². The molecule has 3 aromatic carbocycles. The summed E-state index contributed by atoms with van der Waals surface area (Å²) in [5.74, 6) is -2.25. The second-order valence-corrected chi connectivity index (χ2v) is 7.67. The van der Waals surface area contributed by atoms with Gasteiger partial charge in [0.15, 0.2) is 0 Å². The monoisotopic (exact) mass is 457 g/mol. The predicted octanol–water partition coefficient (Wildman–Crippen LogP) is 2.75. The van der Waals surface area contributed by atoms with Crippen molar-refractivity contribution < 1.29 is 24.6 Å². The van der Waals surface area contributed by atoms with E-state index in [0.29, 0.717) is 11.1 Å². The third-order valence-electron chi connectivity index (χ3n) is 5.05.